The van der Waals surface area contributed by atoms with E-state index >= 15 is 0 Å². The summed E-state index contributed by atoms with van der Waals surface area (Å²) in [6, 6.07) is -3.89. The Bertz CT molecular complexity index is 942. The Morgan fingerprint density at radius 2 is 0.682 bits per heavy atom. The van der Waals surface area contributed by atoms with Gasteiger partial charge in [-0.15, -0.1) is 0 Å². The summed E-state index contributed by atoms with van der Waals surface area (Å²) in [5.74, 6) is -4.24. The van der Waals surface area contributed by atoms with Gasteiger partial charge in [-0.1, -0.05) is 43.2 Å². The van der Waals surface area contributed by atoms with Crippen LogP contribution < -0.4 is 21.3 Å². The number of hydrogen-bond acceptors (Lipinski definition) is 16. The van der Waals surface area contributed by atoms with Gasteiger partial charge in [0.15, 0.2) is 0 Å². The van der Waals surface area contributed by atoms with Crippen molar-refractivity contribution < 1.29 is 57.3 Å². The van der Waals surface area contributed by atoms with Crippen LogP contribution in [-0.2, 0) is 57.3 Å². The maximum absolute atomic E-state index is 12.5. The van der Waals surface area contributed by atoms with E-state index in [1.807, 2.05) is 0 Å². The summed E-state index contributed by atoms with van der Waals surface area (Å²) in [5.41, 5.74) is 0. The first-order valence-corrected chi connectivity index (χ1v) is 17.7. The van der Waals surface area contributed by atoms with E-state index in [1.165, 1.54) is 63.5 Å². The van der Waals surface area contributed by atoms with Crippen molar-refractivity contribution in [3.63, 3.8) is 0 Å². The predicted octanol–water partition coefficient (Wildman–Crippen LogP) is -0.800. The van der Waals surface area contributed by atoms with Crippen LogP contribution in [0, 0.1) is 0 Å². The van der Waals surface area contributed by atoms with Crippen LogP contribution in [0.1, 0.15) is 27.7 Å². The van der Waals surface area contributed by atoms with Gasteiger partial charge >= 0.3 is 23.9 Å². The maximum atomic E-state index is 12.5. The first-order valence-electron chi connectivity index (χ1n) is 12.8. The SMILES string of the molecule is COC(=O)C(CSSCC(NC(C)=O)C(=O)OCCOC(=O)[C@H](CSSC[C@H](NC(C)=O)C(=O)OC)NC(C)=O)NC(C)=O. The maximum Gasteiger partial charge on any atom is 0.329 e. The molecule has 0 aromatic carbocycles. The first kappa shape index (κ1) is 41.2. The van der Waals surface area contributed by atoms with E-state index < -0.39 is 71.7 Å². The third-order valence-corrected chi connectivity index (χ3v) is 9.57. The zero-order valence-electron chi connectivity index (χ0n) is 25.1. The van der Waals surface area contributed by atoms with E-state index in [0.717, 1.165) is 21.6 Å². The smallest absolute Gasteiger partial charge is 0.329 e. The van der Waals surface area contributed by atoms with Crippen LogP contribution in [0.5, 0.6) is 0 Å². The fraction of sp³-hybridized carbons (Fsp3) is 0.667. The molecule has 4 N–H and O–H groups in total. The Balaban J connectivity index is 4.80. The second kappa shape index (κ2) is 23.5. The molecule has 0 saturated heterocycles. The molecular formula is C24H38N4O12S4. The van der Waals surface area contributed by atoms with Gasteiger partial charge in [-0.05, 0) is 0 Å². The monoisotopic (exact) mass is 702 g/mol. The van der Waals surface area contributed by atoms with Crippen molar-refractivity contribution in [2.45, 2.75) is 51.9 Å². The van der Waals surface area contributed by atoms with Crippen LogP contribution in [0.3, 0.4) is 0 Å². The van der Waals surface area contributed by atoms with Gasteiger partial charge in [0.25, 0.3) is 0 Å². The summed E-state index contributed by atoms with van der Waals surface area (Å²) in [6.45, 7) is 4.28. The molecule has 0 aliphatic rings. The lowest BCUT2D eigenvalue weighted by molar-refractivity contribution is -0.154. The van der Waals surface area contributed by atoms with E-state index in [4.69, 9.17) is 9.47 Å². The largest absolute Gasteiger partial charge is 0.467 e. The summed E-state index contributed by atoms with van der Waals surface area (Å²) in [4.78, 5) is 94.4. The normalized spacial score (nSPS) is 13.1. The van der Waals surface area contributed by atoms with Crippen LogP contribution >= 0.6 is 43.2 Å². The first-order chi connectivity index (χ1) is 20.7. The van der Waals surface area contributed by atoms with Gasteiger partial charge in [-0.3, -0.25) is 19.2 Å². The van der Waals surface area contributed by atoms with E-state index in [9.17, 15) is 38.4 Å². The molecule has 0 heterocycles. The Morgan fingerprint density at radius 1 is 0.455 bits per heavy atom. The highest BCUT2D eigenvalue weighted by Gasteiger charge is 2.26. The molecule has 0 radical (unpaired) electrons. The number of amides is 4. The third kappa shape index (κ3) is 19.4. The zero-order valence-corrected chi connectivity index (χ0v) is 28.4. The molecule has 20 heteroatoms. The molecule has 0 aliphatic carbocycles. The molecule has 0 aromatic rings. The highest BCUT2D eigenvalue weighted by molar-refractivity contribution is 8.77. The van der Waals surface area contributed by atoms with Gasteiger partial charge in [-0.2, -0.15) is 0 Å². The predicted molar refractivity (Wildman–Crippen MR) is 166 cm³/mol. The fourth-order valence-corrected chi connectivity index (χ4v) is 7.49. The molecule has 0 saturated carbocycles. The second-order valence-electron chi connectivity index (χ2n) is 8.53. The van der Waals surface area contributed by atoms with Crippen molar-refractivity contribution in [3.05, 3.63) is 0 Å². The highest BCUT2D eigenvalue weighted by Crippen LogP contribution is 2.24. The van der Waals surface area contributed by atoms with Crippen molar-refractivity contribution in [1.82, 2.24) is 21.3 Å². The van der Waals surface area contributed by atoms with Crippen molar-refractivity contribution in [2.24, 2.45) is 0 Å². The average Bonchev–Trinajstić information content (AvgIpc) is 2.95. The minimum absolute atomic E-state index is 0.0646. The minimum Gasteiger partial charge on any atom is -0.467 e. The molecule has 0 spiro atoms. The molecule has 0 aromatic heterocycles. The molecule has 16 nitrogen and oxygen atoms in total. The number of hydrogen-bond donors (Lipinski definition) is 4. The average molecular weight is 703 g/mol. The van der Waals surface area contributed by atoms with Crippen molar-refractivity contribution in [2.75, 3.05) is 50.4 Å². The summed E-state index contributed by atoms with van der Waals surface area (Å²) < 4.78 is 19.6. The molecule has 44 heavy (non-hydrogen) atoms. The quantitative estimate of drug-likeness (QED) is 0.0498. The van der Waals surface area contributed by atoms with Gasteiger partial charge in [0.1, 0.15) is 37.4 Å². The Morgan fingerprint density at radius 3 is 0.886 bits per heavy atom. The number of ether oxygens (including phenoxy) is 4. The van der Waals surface area contributed by atoms with Crippen LogP contribution in [0.2, 0.25) is 0 Å². The topological polar surface area (TPSA) is 222 Å². The molecular weight excluding hydrogens is 665 g/mol. The molecule has 4 atom stereocenters. The Labute approximate surface area is 270 Å². The van der Waals surface area contributed by atoms with Gasteiger partial charge in [0.05, 0.1) is 14.2 Å². The molecule has 4 amide bonds. The van der Waals surface area contributed by atoms with Crippen LogP contribution in [-0.4, -0.2) is 122 Å². The Kier molecular flexibility index (Phi) is 22.0. The van der Waals surface area contributed by atoms with E-state index in [1.54, 1.807) is 0 Å². The van der Waals surface area contributed by atoms with E-state index in [-0.39, 0.29) is 36.2 Å². The van der Waals surface area contributed by atoms with Crippen molar-refractivity contribution in [3.8, 4) is 0 Å². The Hall–Kier alpha value is -2.84. The van der Waals surface area contributed by atoms with Gasteiger partial charge in [0.2, 0.25) is 23.6 Å². The number of rotatable bonds is 21. The molecule has 250 valence electrons. The molecule has 2 unspecified atom stereocenters. The minimum atomic E-state index is -1.05. The number of carbonyl (C=O) groups is 8. The lowest BCUT2D eigenvalue weighted by atomic mass is 10.3. The number of methoxy groups -OCH3 is 2. The number of esters is 4. The lowest BCUT2D eigenvalue weighted by Crippen LogP contribution is -2.44. The standard InChI is InChI=1S/C24H38N4O12S4/c1-13(29)25-17(21(33)37-5)9-41-43-11-19(27-15(3)31)23(35)39-7-8-40-24(36)20(28-16(4)32)12-44-42-10-18(22(34)38-6)26-14(2)30/h17-20H,7-12H2,1-6H3,(H,25,29)(H,26,30)(H,27,31)(H,28,32)/t17-,18?,19-,20?/m0/s1. The van der Waals surface area contributed by atoms with Crippen LogP contribution in [0.4, 0.5) is 0 Å². The van der Waals surface area contributed by atoms with Crippen LogP contribution in [0.25, 0.3) is 0 Å². The second-order valence-corrected chi connectivity index (χ2v) is 13.6. The van der Waals surface area contributed by atoms with E-state index in [0.29, 0.717) is 0 Å². The van der Waals surface area contributed by atoms with Gasteiger partial charge in [0, 0.05) is 50.7 Å². The fourth-order valence-electron chi connectivity index (χ4n) is 2.89. The molecule has 0 bridgehead atoms. The summed E-state index contributed by atoms with van der Waals surface area (Å²) in [6.07, 6.45) is 0. The van der Waals surface area contributed by atoms with Crippen LogP contribution in [0.15, 0.2) is 0 Å². The number of carbonyl (C=O) groups excluding carboxylic acids is 8. The van der Waals surface area contributed by atoms with E-state index in [2.05, 4.69) is 30.7 Å². The summed E-state index contributed by atoms with van der Waals surface area (Å²) >= 11 is 0. The molecule has 0 fully saturated rings. The highest BCUT2D eigenvalue weighted by atomic mass is 33.1. The van der Waals surface area contributed by atoms with Crippen molar-refractivity contribution >= 4 is 90.7 Å². The van der Waals surface area contributed by atoms with Gasteiger partial charge < -0.3 is 40.2 Å². The zero-order chi connectivity index (χ0) is 33.7. The lowest BCUT2D eigenvalue weighted by Gasteiger charge is -2.19. The third-order valence-electron chi connectivity index (χ3n) is 4.73. The van der Waals surface area contributed by atoms with Gasteiger partial charge in [-0.25, -0.2) is 19.2 Å². The number of nitrogens with one attached hydrogen (secondary N) is 4. The summed E-state index contributed by atoms with van der Waals surface area (Å²) in [5, 5.41) is 9.84. The molecule has 0 aliphatic heterocycles. The molecule has 0 rings (SSSR count). The summed E-state index contributed by atoms with van der Waals surface area (Å²) in [7, 11) is 7.02. The van der Waals surface area contributed by atoms with Crippen molar-refractivity contribution in [1.29, 1.82) is 0 Å².